The van der Waals surface area contributed by atoms with E-state index in [9.17, 15) is 0 Å². The monoisotopic (exact) mass is 180 g/mol. The van der Waals surface area contributed by atoms with Gasteiger partial charge in [-0.15, -0.1) is 0 Å². The van der Waals surface area contributed by atoms with Crippen LogP contribution in [0.3, 0.4) is 0 Å². The predicted molar refractivity (Wildman–Crippen MR) is 50.6 cm³/mol. The SMILES string of the molecule is CCC(C)c1ncc(B(O)O)cn1. The molecule has 1 unspecified atom stereocenters. The molecular formula is C8H13BN2O2. The second-order valence-corrected chi connectivity index (χ2v) is 3.06. The Labute approximate surface area is 77.8 Å². The molecule has 4 nitrogen and oxygen atoms in total. The molecule has 13 heavy (non-hydrogen) atoms. The van der Waals surface area contributed by atoms with Crippen LogP contribution in [0.5, 0.6) is 0 Å². The Morgan fingerprint density at radius 2 is 1.92 bits per heavy atom. The zero-order valence-electron chi connectivity index (χ0n) is 7.81. The van der Waals surface area contributed by atoms with Gasteiger partial charge in [-0.2, -0.15) is 0 Å². The maximum Gasteiger partial charge on any atom is 0.491 e. The number of rotatable bonds is 3. The lowest BCUT2D eigenvalue weighted by atomic mass is 9.83. The van der Waals surface area contributed by atoms with E-state index in [1.165, 1.54) is 12.4 Å². The summed E-state index contributed by atoms with van der Waals surface area (Å²) >= 11 is 0. The molecule has 0 amide bonds. The van der Waals surface area contributed by atoms with E-state index in [2.05, 4.69) is 16.9 Å². The Bertz CT molecular complexity index is 263. The van der Waals surface area contributed by atoms with Crippen molar-refractivity contribution in [3.05, 3.63) is 18.2 Å². The number of hydrogen-bond acceptors (Lipinski definition) is 4. The summed E-state index contributed by atoms with van der Waals surface area (Å²) in [6.45, 7) is 4.09. The van der Waals surface area contributed by atoms with Gasteiger partial charge in [0.05, 0.1) is 0 Å². The summed E-state index contributed by atoms with van der Waals surface area (Å²) in [4.78, 5) is 8.08. The highest BCUT2D eigenvalue weighted by atomic mass is 16.4. The molecule has 0 spiro atoms. The van der Waals surface area contributed by atoms with Crippen LogP contribution < -0.4 is 5.46 Å². The van der Waals surface area contributed by atoms with Gasteiger partial charge in [0.25, 0.3) is 0 Å². The first-order valence-corrected chi connectivity index (χ1v) is 4.33. The molecule has 0 radical (unpaired) electrons. The summed E-state index contributed by atoms with van der Waals surface area (Å²) in [5.41, 5.74) is 0.326. The minimum Gasteiger partial charge on any atom is -0.423 e. The summed E-state index contributed by atoms with van der Waals surface area (Å²) < 4.78 is 0. The van der Waals surface area contributed by atoms with Gasteiger partial charge < -0.3 is 10.0 Å². The van der Waals surface area contributed by atoms with Crippen LogP contribution in [-0.4, -0.2) is 27.1 Å². The molecule has 5 heteroatoms. The van der Waals surface area contributed by atoms with Crippen molar-refractivity contribution in [1.29, 1.82) is 0 Å². The van der Waals surface area contributed by atoms with Crippen LogP contribution >= 0.6 is 0 Å². The zero-order chi connectivity index (χ0) is 9.84. The van der Waals surface area contributed by atoms with Gasteiger partial charge in [0.15, 0.2) is 0 Å². The van der Waals surface area contributed by atoms with Crippen molar-refractivity contribution in [2.45, 2.75) is 26.2 Å². The van der Waals surface area contributed by atoms with Crippen molar-refractivity contribution in [1.82, 2.24) is 9.97 Å². The minimum absolute atomic E-state index is 0.310. The van der Waals surface area contributed by atoms with Crippen molar-refractivity contribution in [3.8, 4) is 0 Å². The lowest BCUT2D eigenvalue weighted by Gasteiger charge is -2.06. The lowest BCUT2D eigenvalue weighted by molar-refractivity contribution is 0.425. The molecule has 70 valence electrons. The highest BCUT2D eigenvalue weighted by Gasteiger charge is 2.13. The molecule has 0 fully saturated rings. The Hall–Kier alpha value is -0.935. The molecule has 0 aliphatic carbocycles. The molecule has 1 rings (SSSR count). The topological polar surface area (TPSA) is 66.2 Å². The molecule has 0 saturated carbocycles. The van der Waals surface area contributed by atoms with Gasteiger partial charge in [-0.1, -0.05) is 13.8 Å². The normalized spacial score (nSPS) is 12.6. The number of aromatic nitrogens is 2. The lowest BCUT2D eigenvalue weighted by Crippen LogP contribution is -2.31. The average Bonchev–Trinajstić information content (AvgIpc) is 2.17. The molecule has 1 heterocycles. The van der Waals surface area contributed by atoms with E-state index >= 15 is 0 Å². The largest absolute Gasteiger partial charge is 0.491 e. The molecular weight excluding hydrogens is 167 g/mol. The fraction of sp³-hybridized carbons (Fsp3) is 0.500. The van der Waals surface area contributed by atoms with Gasteiger partial charge in [0.1, 0.15) is 5.82 Å². The van der Waals surface area contributed by atoms with Crippen LogP contribution in [0.15, 0.2) is 12.4 Å². The van der Waals surface area contributed by atoms with Crippen molar-refractivity contribution in [2.24, 2.45) is 0 Å². The Morgan fingerprint density at radius 1 is 1.38 bits per heavy atom. The minimum atomic E-state index is -1.48. The van der Waals surface area contributed by atoms with E-state index in [4.69, 9.17) is 10.0 Å². The molecule has 1 aromatic rings. The molecule has 1 aromatic heterocycles. The first-order valence-electron chi connectivity index (χ1n) is 4.33. The molecule has 0 aromatic carbocycles. The van der Waals surface area contributed by atoms with Crippen LogP contribution in [0.4, 0.5) is 0 Å². The summed E-state index contributed by atoms with van der Waals surface area (Å²) in [7, 11) is -1.48. The second kappa shape index (κ2) is 4.34. The Morgan fingerprint density at radius 3 is 2.31 bits per heavy atom. The van der Waals surface area contributed by atoms with E-state index < -0.39 is 7.12 Å². The third kappa shape index (κ3) is 2.50. The van der Waals surface area contributed by atoms with Gasteiger partial charge in [-0.25, -0.2) is 9.97 Å². The van der Waals surface area contributed by atoms with Crippen molar-refractivity contribution in [2.75, 3.05) is 0 Å². The fourth-order valence-corrected chi connectivity index (χ4v) is 0.918. The molecule has 0 aliphatic heterocycles. The van der Waals surface area contributed by atoms with Gasteiger partial charge in [0.2, 0.25) is 0 Å². The third-order valence-corrected chi connectivity index (χ3v) is 2.04. The van der Waals surface area contributed by atoms with E-state index in [1.807, 2.05) is 6.92 Å². The van der Waals surface area contributed by atoms with Gasteiger partial charge >= 0.3 is 7.12 Å². The van der Waals surface area contributed by atoms with Crippen LogP contribution in [0.25, 0.3) is 0 Å². The summed E-state index contributed by atoms with van der Waals surface area (Å²) in [5.74, 6) is 1.05. The van der Waals surface area contributed by atoms with Crippen LogP contribution in [0.1, 0.15) is 32.0 Å². The molecule has 0 saturated heterocycles. The number of nitrogens with zero attached hydrogens (tertiary/aromatic N) is 2. The first kappa shape index (κ1) is 10.1. The molecule has 0 bridgehead atoms. The molecule has 0 aliphatic rings. The van der Waals surface area contributed by atoms with Crippen LogP contribution in [0.2, 0.25) is 0 Å². The Kier molecular flexibility index (Phi) is 3.39. The quantitative estimate of drug-likeness (QED) is 0.625. The van der Waals surface area contributed by atoms with Gasteiger partial charge in [-0.3, -0.25) is 0 Å². The van der Waals surface area contributed by atoms with Crippen LogP contribution in [-0.2, 0) is 0 Å². The van der Waals surface area contributed by atoms with E-state index in [0.29, 0.717) is 11.4 Å². The van der Waals surface area contributed by atoms with Gasteiger partial charge in [-0.05, 0) is 6.42 Å². The number of hydrogen-bond donors (Lipinski definition) is 2. The standard InChI is InChI=1S/C8H13BN2O2/c1-3-6(2)8-10-4-7(5-11-8)9(12)13/h4-6,12-13H,3H2,1-2H3. The smallest absolute Gasteiger partial charge is 0.423 e. The Balaban J connectivity index is 2.81. The molecule has 2 N–H and O–H groups in total. The molecule has 1 atom stereocenters. The van der Waals surface area contributed by atoms with Crippen molar-refractivity contribution in [3.63, 3.8) is 0 Å². The third-order valence-electron chi connectivity index (χ3n) is 2.04. The summed E-state index contributed by atoms with van der Waals surface area (Å²) in [6.07, 6.45) is 3.86. The highest BCUT2D eigenvalue weighted by Crippen LogP contribution is 2.11. The summed E-state index contributed by atoms with van der Waals surface area (Å²) in [5, 5.41) is 17.6. The van der Waals surface area contributed by atoms with E-state index in [1.54, 1.807) is 0 Å². The average molecular weight is 180 g/mol. The van der Waals surface area contributed by atoms with Gasteiger partial charge in [0, 0.05) is 23.8 Å². The van der Waals surface area contributed by atoms with E-state index in [0.717, 1.165) is 12.2 Å². The highest BCUT2D eigenvalue weighted by molar-refractivity contribution is 6.58. The predicted octanol–water partition coefficient (Wildman–Crippen LogP) is -0.330. The maximum atomic E-state index is 8.79. The summed E-state index contributed by atoms with van der Waals surface area (Å²) in [6, 6.07) is 0. The maximum absolute atomic E-state index is 8.79. The first-order chi connectivity index (χ1) is 6.15. The second-order valence-electron chi connectivity index (χ2n) is 3.06. The fourth-order valence-electron chi connectivity index (χ4n) is 0.918. The van der Waals surface area contributed by atoms with E-state index in [-0.39, 0.29) is 0 Å². The zero-order valence-corrected chi connectivity index (χ0v) is 7.81. The van der Waals surface area contributed by atoms with Crippen LogP contribution in [0, 0.1) is 0 Å². The van der Waals surface area contributed by atoms with Crippen molar-refractivity contribution < 1.29 is 10.0 Å². The van der Waals surface area contributed by atoms with Crippen molar-refractivity contribution >= 4 is 12.6 Å².